The molecule has 0 aromatic rings. The van der Waals surface area contributed by atoms with Crippen LogP contribution in [-0.4, -0.2) is 66.5 Å². The minimum absolute atomic E-state index is 0.664. The quantitative estimate of drug-likeness (QED) is 0.376. The molecule has 1 saturated heterocycles. The molecule has 0 aromatic carbocycles. The molecule has 90 valence electrons. The van der Waals surface area contributed by atoms with Crippen LogP contribution in [0.3, 0.4) is 0 Å². The van der Waals surface area contributed by atoms with Crippen LogP contribution in [0.5, 0.6) is 0 Å². The molecule has 0 aromatic heterocycles. The van der Waals surface area contributed by atoms with Gasteiger partial charge in [0.05, 0.1) is 18.0 Å². The fourth-order valence-corrected chi connectivity index (χ4v) is 1.70. The van der Waals surface area contributed by atoms with E-state index in [0.29, 0.717) is 0 Å². The third kappa shape index (κ3) is 2.92. The molecular formula is C6H11O8S-. The average Bonchev–Trinajstić information content (AvgIpc) is 2.18. The van der Waals surface area contributed by atoms with Crippen molar-refractivity contribution >= 4 is 11.4 Å². The van der Waals surface area contributed by atoms with Crippen LogP contribution in [0.2, 0.25) is 0 Å². The van der Waals surface area contributed by atoms with Gasteiger partial charge < -0.3 is 29.7 Å². The number of rotatable bonds is 3. The molecule has 1 rings (SSSR count). The van der Waals surface area contributed by atoms with Crippen LogP contribution in [0.15, 0.2) is 0 Å². The first kappa shape index (κ1) is 12.9. The summed E-state index contributed by atoms with van der Waals surface area (Å²) < 4.78 is 29.4. The van der Waals surface area contributed by atoms with Crippen molar-refractivity contribution < 1.29 is 38.1 Å². The summed E-state index contributed by atoms with van der Waals surface area (Å²) in [6.45, 7) is -0.664. The lowest BCUT2D eigenvalue weighted by Gasteiger charge is -2.39. The molecule has 1 heterocycles. The van der Waals surface area contributed by atoms with Gasteiger partial charge in [-0.2, -0.15) is 0 Å². The van der Waals surface area contributed by atoms with Crippen molar-refractivity contribution in [2.45, 2.75) is 30.7 Å². The molecule has 8 nitrogen and oxygen atoms in total. The molecule has 1 aliphatic rings. The first-order valence-corrected chi connectivity index (χ1v) is 5.04. The Balaban J connectivity index is 2.75. The Bertz CT molecular complexity index is 233. The largest absolute Gasteiger partial charge is 0.750 e. The second-order valence-electron chi connectivity index (χ2n) is 2.99. The van der Waals surface area contributed by atoms with E-state index in [9.17, 15) is 13.9 Å². The van der Waals surface area contributed by atoms with Crippen molar-refractivity contribution in [3.05, 3.63) is 0 Å². The van der Waals surface area contributed by atoms with E-state index in [1.54, 1.807) is 0 Å². The maximum absolute atomic E-state index is 10.2. The van der Waals surface area contributed by atoms with Gasteiger partial charge in [-0.15, -0.1) is 0 Å². The lowest BCUT2D eigenvalue weighted by Crippen LogP contribution is -2.59. The number of hydrogen-bond acceptors (Lipinski definition) is 8. The molecule has 0 bridgehead atoms. The van der Waals surface area contributed by atoms with Crippen LogP contribution in [0.25, 0.3) is 0 Å². The van der Waals surface area contributed by atoms with Crippen LogP contribution >= 0.6 is 0 Å². The van der Waals surface area contributed by atoms with E-state index < -0.39 is 48.7 Å². The number of hydrogen-bond donors (Lipinski definition) is 4. The topological polar surface area (TPSA) is 140 Å². The van der Waals surface area contributed by atoms with Crippen LogP contribution in [-0.2, 0) is 20.3 Å². The zero-order valence-corrected chi connectivity index (χ0v) is 8.24. The molecule has 0 amide bonds. The number of ether oxygens (including phenoxy) is 1. The molecule has 15 heavy (non-hydrogen) atoms. The highest BCUT2D eigenvalue weighted by Gasteiger charge is 2.44. The highest BCUT2D eigenvalue weighted by atomic mass is 32.2. The Labute approximate surface area is 87.5 Å². The van der Waals surface area contributed by atoms with E-state index in [2.05, 4.69) is 8.92 Å². The number of aliphatic hydroxyl groups excluding tert-OH is 4. The summed E-state index contributed by atoms with van der Waals surface area (Å²) in [5.41, 5.74) is 0. The molecule has 0 spiro atoms. The second kappa shape index (κ2) is 5.27. The fraction of sp³-hybridized carbons (Fsp3) is 1.00. The second-order valence-corrected chi connectivity index (χ2v) is 3.59. The average molecular weight is 243 g/mol. The molecule has 4 N–H and O–H groups in total. The standard InChI is InChI=1S/C6H12O8S/c7-1-2-5(14-15(11)12)3(8)4(9)6(10)13-2/h2-10H,1H2,(H,11,12)/p-1/t2-,3-,4-,5+,6+/m1/s1. The summed E-state index contributed by atoms with van der Waals surface area (Å²) in [6, 6.07) is 0. The van der Waals surface area contributed by atoms with E-state index in [4.69, 9.17) is 15.3 Å². The summed E-state index contributed by atoms with van der Waals surface area (Å²) in [7, 11) is 0. The first-order chi connectivity index (χ1) is 6.97. The summed E-state index contributed by atoms with van der Waals surface area (Å²) in [4.78, 5) is 0. The summed E-state index contributed by atoms with van der Waals surface area (Å²) in [5.74, 6) is 0. The molecule has 0 saturated carbocycles. The maximum atomic E-state index is 10.2. The van der Waals surface area contributed by atoms with Gasteiger partial charge in [-0.25, -0.2) is 4.21 Å². The van der Waals surface area contributed by atoms with E-state index in [0.717, 1.165) is 0 Å². The van der Waals surface area contributed by atoms with E-state index in [-0.39, 0.29) is 0 Å². The van der Waals surface area contributed by atoms with Crippen molar-refractivity contribution in [2.75, 3.05) is 6.61 Å². The zero-order valence-electron chi connectivity index (χ0n) is 7.42. The highest BCUT2D eigenvalue weighted by Crippen LogP contribution is 2.22. The van der Waals surface area contributed by atoms with Gasteiger partial charge in [0.25, 0.3) is 0 Å². The third-order valence-corrected chi connectivity index (χ3v) is 2.41. The van der Waals surface area contributed by atoms with Gasteiger partial charge in [-0.3, -0.25) is 4.18 Å². The molecule has 1 fully saturated rings. The van der Waals surface area contributed by atoms with E-state index >= 15 is 0 Å². The summed E-state index contributed by atoms with van der Waals surface area (Å²) >= 11 is -2.93. The van der Waals surface area contributed by atoms with Crippen molar-refractivity contribution in [3.8, 4) is 0 Å². The molecule has 1 unspecified atom stereocenters. The van der Waals surface area contributed by atoms with Gasteiger partial charge in [0, 0.05) is 0 Å². The molecule has 9 heteroatoms. The fourth-order valence-electron chi connectivity index (χ4n) is 1.28. The Morgan fingerprint density at radius 1 is 1.33 bits per heavy atom. The van der Waals surface area contributed by atoms with E-state index in [1.807, 2.05) is 0 Å². The lowest BCUT2D eigenvalue weighted by molar-refractivity contribution is -0.281. The predicted molar refractivity (Wildman–Crippen MR) is 43.8 cm³/mol. The van der Waals surface area contributed by atoms with Crippen LogP contribution < -0.4 is 0 Å². The Hall–Kier alpha value is -0.130. The highest BCUT2D eigenvalue weighted by molar-refractivity contribution is 7.74. The van der Waals surface area contributed by atoms with Crippen LogP contribution in [0.4, 0.5) is 0 Å². The summed E-state index contributed by atoms with van der Waals surface area (Å²) in [6.07, 6.45) is -7.73. The lowest BCUT2D eigenvalue weighted by atomic mass is 9.99. The molecule has 6 atom stereocenters. The van der Waals surface area contributed by atoms with E-state index in [1.165, 1.54) is 0 Å². The Kier molecular flexibility index (Phi) is 4.55. The molecular weight excluding hydrogens is 232 g/mol. The smallest absolute Gasteiger partial charge is 0.184 e. The Morgan fingerprint density at radius 3 is 2.40 bits per heavy atom. The molecule has 0 radical (unpaired) electrons. The van der Waals surface area contributed by atoms with Gasteiger partial charge in [-0.1, -0.05) is 0 Å². The van der Waals surface area contributed by atoms with Gasteiger partial charge in [-0.05, 0) is 0 Å². The minimum Gasteiger partial charge on any atom is -0.750 e. The number of aliphatic hydroxyl groups is 4. The third-order valence-electron chi connectivity index (χ3n) is 2.03. The molecule has 0 aliphatic carbocycles. The molecule has 1 aliphatic heterocycles. The van der Waals surface area contributed by atoms with Crippen molar-refractivity contribution in [1.29, 1.82) is 0 Å². The van der Waals surface area contributed by atoms with Gasteiger partial charge >= 0.3 is 0 Å². The van der Waals surface area contributed by atoms with Gasteiger partial charge in [0.2, 0.25) is 0 Å². The normalized spacial score (nSPS) is 43.9. The summed E-state index contributed by atoms with van der Waals surface area (Å²) in [5, 5.41) is 36.3. The first-order valence-electron chi connectivity index (χ1n) is 4.04. The predicted octanol–water partition coefficient (Wildman–Crippen LogP) is -3.40. The van der Waals surface area contributed by atoms with Crippen molar-refractivity contribution in [1.82, 2.24) is 0 Å². The van der Waals surface area contributed by atoms with Gasteiger partial charge in [0.15, 0.2) is 6.29 Å². The van der Waals surface area contributed by atoms with Crippen LogP contribution in [0.1, 0.15) is 0 Å². The monoisotopic (exact) mass is 243 g/mol. The van der Waals surface area contributed by atoms with Crippen LogP contribution in [0, 0.1) is 0 Å². The Morgan fingerprint density at radius 2 is 1.93 bits per heavy atom. The van der Waals surface area contributed by atoms with Gasteiger partial charge in [0.1, 0.15) is 24.4 Å². The minimum atomic E-state index is -2.93. The van der Waals surface area contributed by atoms with Crippen molar-refractivity contribution in [3.63, 3.8) is 0 Å². The maximum Gasteiger partial charge on any atom is 0.184 e. The van der Waals surface area contributed by atoms with Crippen molar-refractivity contribution in [2.24, 2.45) is 0 Å². The SMILES string of the molecule is O=S([O-])O[C@@H]1[C@H](O)[C@@H](O)[C@@H](O)O[C@@H]1CO. The zero-order chi connectivity index (χ0) is 11.6.